The van der Waals surface area contributed by atoms with E-state index in [1.54, 1.807) is 52.5 Å². The second-order valence-corrected chi connectivity index (χ2v) is 20.3. The molecule has 1 saturated heterocycles. The van der Waals surface area contributed by atoms with Crippen molar-refractivity contribution in [2.45, 2.75) is 149 Å². The molecule has 0 spiro atoms. The minimum atomic E-state index is -2.27. The number of benzene rings is 2. The highest BCUT2D eigenvalue weighted by atomic mass is 16.7. The van der Waals surface area contributed by atoms with Gasteiger partial charge in [0.15, 0.2) is 11.9 Å². The first-order valence-corrected chi connectivity index (χ1v) is 24.2. The van der Waals surface area contributed by atoms with E-state index in [1.165, 1.54) is 17.6 Å². The molecular weight excluding hydrogens is 951 g/mol. The number of carbonyl (C=O) groups excluding carboxylic acids is 5. The minimum absolute atomic E-state index is 0.0234. The van der Waals surface area contributed by atoms with Crippen LogP contribution in [0.1, 0.15) is 108 Å². The molecule has 7 N–H and O–H groups in total. The number of carbonyl (C=O) groups is 6. The Morgan fingerprint density at radius 2 is 1.67 bits per heavy atom. The first-order valence-electron chi connectivity index (χ1n) is 24.2. The number of fused-ring (bicyclic) bond motifs is 5. The summed E-state index contributed by atoms with van der Waals surface area (Å²) in [5, 5.41) is 45.1. The van der Waals surface area contributed by atoms with Crippen LogP contribution in [0.3, 0.4) is 0 Å². The summed E-state index contributed by atoms with van der Waals surface area (Å²) in [6.07, 6.45) is -11.0. The number of aliphatic hydroxyl groups excluding tert-OH is 3. The molecule has 2 aromatic heterocycles. The molecule has 2 aromatic carbocycles. The van der Waals surface area contributed by atoms with Gasteiger partial charge in [-0.05, 0) is 83.2 Å². The molecule has 0 aliphatic carbocycles. The summed E-state index contributed by atoms with van der Waals surface area (Å²) < 4.78 is 30.2. The molecule has 1 fully saturated rings. The highest BCUT2D eigenvalue weighted by molar-refractivity contribution is 5.99. The number of rotatable bonds is 16. The number of aliphatic hydroxyl groups is 3. The second kappa shape index (κ2) is 21.0. The summed E-state index contributed by atoms with van der Waals surface area (Å²) in [5.41, 5.74) is 4.93. The standard InChI is InChI=1S/C52H63N5O16/c1-10-52(72-47(66)30-16-15-27(54-44(62)26(6)19-36(58)38(53)24(2)3)20-37(30)70-48-42(61)40(59)41(60)43(71-48)46(64)65)33-21-35-39-31(22-57(35)45(63)32(33)23-69-49(52)67)28(29-13-11-12-14-34(29)55-39)17-18-56(25(4)5)50(68)73-51(7,8)9/h11-16,20-21,24-26,38,40-43,48,59-61H,10,17-19,22-23,53H2,1-9H3,(H,54,62)(H,64,65)/t26-,38+,40+,41+,42-,43+,48-,52+/m1/s1. The number of aliphatic carboxylic acids is 1. The number of nitrogens with two attached hydrogens (primary N) is 1. The number of ketones is 1. The molecule has 73 heavy (non-hydrogen) atoms. The van der Waals surface area contributed by atoms with E-state index in [-0.39, 0.29) is 60.5 Å². The molecule has 5 heterocycles. The molecule has 21 heteroatoms. The van der Waals surface area contributed by atoms with Crippen LogP contribution in [0, 0.1) is 11.8 Å². The lowest BCUT2D eigenvalue weighted by Gasteiger charge is -2.38. The molecule has 392 valence electrons. The normalized spacial score (nSPS) is 22.1. The number of Topliss-reactive ketones (excluding diaryl/α,β-unsaturated/α-hetero) is 1. The molecule has 3 aliphatic rings. The summed E-state index contributed by atoms with van der Waals surface area (Å²) >= 11 is 0. The Balaban J connectivity index is 1.27. The molecule has 0 saturated carbocycles. The third-order valence-electron chi connectivity index (χ3n) is 13.4. The molecular formula is C52H63N5O16. The fourth-order valence-electron chi connectivity index (χ4n) is 9.19. The fourth-order valence-corrected chi connectivity index (χ4v) is 9.19. The van der Waals surface area contributed by atoms with Gasteiger partial charge in [-0.25, -0.2) is 24.2 Å². The van der Waals surface area contributed by atoms with Gasteiger partial charge >= 0.3 is 24.0 Å². The first kappa shape index (κ1) is 54.0. The van der Waals surface area contributed by atoms with Crippen LogP contribution >= 0.6 is 0 Å². The first-order chi connectivity index (χ1) is 34.3. The van der Waals surface area contributed by atoms with Gasteiger partial charge in [0, 0.05) is 53.2 Å². The predicted octanol–water partition coefficient (Wildman–Crippen LogP) is 3.92. The van der Waals surface area contributed by atoms with E-state index in [0.717, 1.165) is 23.1 Å². The summed E-state index contributed by atoms with van der Waals surface area (Å²) in [7, 11) is 0. The third kappa shape index (κ3) is 10.7. The van der Waals surface area contributed by atoms with Gasteiger partial charge in [-0.1, -0.05) is 45.9 Å². The van der Waals surface area contributed by atoms with Crippen molar-refractivity contribution in [2.75, 3.05) is 11.9 Å². The number of cyclic esters (lactones) is 1. The average molecular weight is 1010 g/mol. The van der Waals surface area contributed by atoms with Gasteiger partial charge in [0.25, 0.3) is 5.56 Å². The van der Waals surface area contributed by atoms with Crippen molar-refractivity contribution in [3.05, 3.63) is 86.7 Å². The molecule has 21 nitrogen and oxygen atoms in total. The van der Waals surface area contributed by atoms with Gasteiger partial charge in [-0.3, -0.25) is 14.4 Å². The molecule has 4 aromatic rings. The number of carboxylic acids is 1. The number of ether oxygens (including phenoxy) is 5. The van der Waals surface area contributed by atoms with Crippen LogP contribution in [-0.4, -0.2) is 126 Å². The largest absolute Gasteiger partial charge is 0.479 e. The monoisotopic (exact) mass is 1010 g/mol. The maximum atomic E-state index is 14.7. The Morgan fingerprint density at radius 1 is 0.973 bits per heavy atom. The van der Waals surface area contributed by atoms with Crippen LogP contribution in [0.5, 0.6) is 5.75 Å². The van der Waals surface area contributed by atoms with E-state index in [9.17, 15) is 54.0 Å². The molecule has 3 aliphatic heterocycles. The zero-order chi connectivity index (χ0) is 53.6. The number of pyridine rings is 2. The van der Waals surface area contributed by atoms with Crippen molar-refractivity contribution in [1.29, 1.82) is 0 Å². The number of carboxylic acid groups (broad SMARTS) is 1. The van der Waals surface area contributed by atoms with Crippen molar-refractivity contribution >= 4 is 52.3 Å². The highest BCUT2D eigenvalue weighted by Gasteiger charge is 2.52. The Hall–Kier alpha value is -6.78. The number of nitrogens with one attached hydrogen (secondary N) is 1. The van der Waals surface area contributed by atoms with Gasteiger partial charge in [-0.15, -0.1) is 0 Å². The maximum absolute atomic E-state index is 14.7. The smallest absolute Gasteiger partial charge is 0.410 e. The van der Waals surface area contributed by atoms with Crippen LogP contribution in [0.15, 0.2) is 53.3 Å². The predicted molar refractivity (Wildman–Crippen MR) is 261 cm³/mol. The quantitative estimate of drug-likeness (QED) is 0.0603. The summed E-state index contributed by atoms with van der Waals surface area (Å²) in [6.45, 7) is 15.6. The van der Waals surface area contributed by atoms with Crippen LogP contribution in [0.2, 0.25) is 0 Å². The van der Waals surface area contributed by atoms with Crippen LogP contribution in [0.4, 0.5) is 10.5 Å². The molecule has 0 bridgehead atoms. The third-order valence-corrected chi connectivity index (χ3v) is 13.4. The number of nitrogens with zero attached hydrogens (tertiary/aromatic N) is 3. The van der Waals surface area contributed by atoms with E-state index in [2.05, 4.69) is 5.32 Å². The Bertz CT molecular complexity index is 2910. The average Bonchev–Trinajstić information content (AvgIpc) is 3.69. The number of amides is 2. The molecule has 7 rings (SSSR count). The Kier molecular flexibility index (Phi) is 15.5. The van der Waals surface area contributed by atoms with E-state index < -0.39 is 107 Å². The Morgan fingerprint density at radius 3 is 2.32 bits per heavy atom. The van der Waals surface area contributed by atoms with Crippen molar-refractivity contribution in [2.24, 2.45) is 17.6 Å². The zero-order valence-corrected chi connectivity index (χ0v) is 42.2. The number of para-hydroxylation sites is 1. The second-order valence-electron chi connectivity index (χ2n) is 20.3. The van der Waals surface area contributed by atoms with Gasteiger partial charge < -0.3 is 64.6 Å². The number of aromatic nitrogens is 2. The molecule has 2 amide bonds. The number of esters is 2. The lowest BCUT2D eigenvalue weighted by atomic mass is 9.85. The lowest BCUT2D eigenvalue weighted by molar-refractivity contribution is -0.271. The van der Waals surface area contributed by atoms with Gasteiger partial charge in [0.05, 0.1) is 35.1 Å². The number of hydrogen-bond acceptors (Lipinski definition) is 17. The summed E-state index contributed by atoms with van der Waals surface area (Å²) in [6, 6.07) is 11.5. The van der Waals surface area contributed by atoms with Gasteiger partial charge in [-0.2, -0.15) is 0 Å². The number of anilines is 1. The maximum Gasteiger partial charge on any atom is 0.410 e. The van der Waals surface area contributed by atoms with Gasteiger partial charge in [0.1, 0.15) is 41.8 Å². The van der Waals surface area contributed by atoms with Crippen LogP contribution in [-0.2, 0) is 63.3 Å². The zero-order valence-electron chi connectivity index (χ0n) is 42.2. The molecule has 8 atom stereocenters. The highest BCUT2D eigenvalue weighted by Crippen LogP contribution is 2.43. The van der Waals surface area contributed by atoms with Gasteiger partial charge in [0.2, 0.25) is 17.8 Å². The molecule has 0 radical (unpaired) electrons. The van der Waals surface area contributed by atoms with Crippen molar-refractivity contribution in [3.8, 4) is 17.1 Å². The van der Waals surface area contributed by atoms with E-state index in [4.69, 9.17) is 34.4 Å². The van der Waals surface area contributed by atoms with E-state index in [1.807, 2.05) is 38.1 Å². The van der Waals surface area contributed by atoms with Crippen LogP contribution in [0.25, 0.3) is 22.3 Å². The van der Waals surface area contributed by atoms with E-state index >= 15 is 0 Å². The minimum Gasteiger partial charge on any atom is -0.479 e. The van der Waals surface area contributed by atoms with Crippen LogP contribution < -0.4 is 21.3 Å². The summed E-state index contributed by atoms with van der Waals surface area (Å²) in [4.78, 5) is 102. The van der Waals surface area contributed by atoms with Crippen molar-refractivity contribution in [1.82, 2.24) is 14.5 Å². The van der Waals surface area contributed by atoms with E-state index in [0.29, 0.717) is 28.9 Å². The lowest BCUT2D eigenvalue weighted by Crippen LogP contribution is -2.61. The van der Waals surface area contributed by atoms with Crippen molar-refractivity contribution in [3.63, 3.8) is 0 Å². The molecule has 0 unspecified atom stereocenters. The SMILES string of the molecule is CC[C@@]1(OC(=O)c2ccc(NC(=O)[C@H](C)CC(=O)[C@@H](N)C(C)C)cc2O[C@@H]2O[C@H](C(=O)O)[C@@H](O)[C@H](O)[C@H]2O)C(=O)OCc2c1cc1n(c2=O)Cc2c-1nc1ccccc1c2CCN(C(=O)OC(C)(C)C)C(C)C. The Labute approximate surface area is 420 Å². The fraction of sp³-hybridized carbons (Fsp3) is 0.500. The topological polar surface area (TPSA) is 306 Å². The van der Waals surface area contributed by atoms with Crippen molar-refractivity contribution < 1.29 is 72.9 Å². The summed E-state index contributed by atoms with van der Waals surface area (Å²) in [5.74, 6) is -6.55. The number of hydrogen-bond donors (Lipinski definition) is 6.